The Morgan fingerprint density at radius 3 is 1.80 bits per heavy atom. The molecule has 2 aromatic carbocycles. The van der Waals surface area contributed by atoms with Crippen LogP contribution in [0.2, 0.25) is 0 Å². The van der Waals surface area contributed by atoms with Gasteiger partial charge in [0, 0.05) is 44.5 Å². The molecule has 2 aliphatic rings. The molecule has 5 rings (SSSR count). The normalized spacial score (nSPS) is 14.9. The highest BCUT2D eigenvalue weighted by Crippen LogP contribution is 2.45. The molecule has 0 saturated heterocycles. The summed E-state index contributed by atoms with van der Waals surface area (Å²) in [5, 5.41) is 12.7. The standard InChI is InChI=1S/C47H68N6O12/c1-36(56)53-42-12-11-38(29-43(42)52(33-44(53)37-9-10-37)32-39-7-5-6-8-40(39)34-54)41-30-49-45(50-31-41)51(35-55)14-16-59-18-20-61-22-24-63-26-28-64-27-25-62-23-21-60-19-17-58-15-13-48-46(57)65-47(2,3)4/h5-8,11-12,29-31,35,37,44,54H,9-10,13-28,32-34H2,1-4H3,(H,48,57)/t44-/m1/s1. The van der Waals surface area contributed by atoms with Crippen LogP contribution in [0.5, 0.6) is 0 Å². The quantitative estimate of drug-likeness (QED) is 0.0682. The van der Waals surface area contributed by atoms with Gasteiger partial charge >= 0.3 is 6.09 Å². The van der Waals surface area contributed by atoms with Gasteiger partial charge in [0.25, 0.3) is 0 Å². The molecule has 0 spiro atoms. The predicted octanol–water partition coefficient (Wildman–Crippen LogP) is 4.39. The number of hydrogen-bond acceptors (Lipinski definition) is 15. The second-order valence-electron chi connectivity index (χ2n) is 16.6. The molecule has 1 fully saturated rings. The Bertz CT molecular complexity index is 1880. The van der Waals surface area contributed by atoms with Crippen LogP contribution < -0.4 is 20.0 Å². The molecule has 1 aliphatic heterocycles. The van der Waals surface area contributed by atoms with E-state index < -0.39 is 11.7 Å². The lowest BCUT2D eigenvalue weighted by molar-refractivity contribution is -0.117. The van der Waals surface area contributed by atoms with Crippen molar-refractivity contribution in [1.29, 1.82) is 0 Å². The minimum Gasteiger partial charge on any atom is -0.444 e. The van der Waals surface area contributed by atoms with E-state index in [2.05, 4.69) is 26.3 Å². The van der Waals surface area contributed by atoms with Crippen molar-refractivity contribution >= 4 is 35.7 Å². The van der Waals surface area contributed by atoms with Gasteiger partial charge in [0.05, 0.1) is 123 Å². The Hall–Kier alpha value is -4.79. The minimum absolute atomic E-state index is 0.0242. The third kappa shape index (κ3) is 17.8. The molecule has 2 heterocycles. The third-order valence-corrected chi connectivity index (χ3v) is 10.4. The molecule has 1 aliphatic carbocycles. The zero-order chi connectivity index (χ0) is 46.3. The number of benzene rings is 2. The van der Waals surface area contributed by atoms with E-state index in [-0.39, 0.29) is 37.7 Å². The SMILES string of the molecule is CC(=O)N1c2ccc(-c3cnc(N(C=O)CCOCCOCCOCCOCCOCCOCCOCCNC(=O)OC(C)(C)C)nc3)cc2N(Cc2ccccc2CO)C[C@@H]1C1CC1. The maximum Gasteiger partial charge on any atom is 0.407 e. The van der Waals surface area contributed by atoms with Crippen molar-refractivity contribution in [3.8, 4) is 11.1 Å². The number of carbonyl (C=O) groups excluding carboxylic acids is 3. The van der Waals surface area contributed by atoms with Crippen molar-refractivity contribution < 1.29 is 57.4 Å². The van der Waals surface area contributed by atoms with Crippen molar-refractivity contribution in [3.05, 3.63) is 66.0 Å². The first kappa shape index (κ1) is 51.2. The van der Waals surface area contributed by atoms with Gasteiger partial charge in [0.15, 0.2) is 0 Å². The van der Waals surface area contributed by atoms with Crippen molar-refractivity contribution in [1.82, 2.24) is 15.3 Å². The molecule has 1 atom stereocenters. The number of aliphatic hydroxyl groups excluding tert-OH is 1. The van der Waals surface area contributed by atoms with Gasteiger partial charge in [-0.1, -0.05) is 30.3 Å². The van der Waals surface area contributed by atoms with Crippen LogP contribution in [0.4, 0.5) is 22.1 Å². The van der Waals surface area contributed by atoms with Gasteiger partial charge in [-0.25, -0.2) is 14.8 Å². The van der Waals surface area contributed by atoms with Crippen LogP contribution in [0.15, 0.2) is 54.9 Å². The summed E-state index contributed by atoms with van der Waals surface area (Å²) < 4.78 is 43.8. The third-order valence-electron chi connectivity index (χ3n) is 10.4. The molecule has 358 valence electrons. The molecule has 0 unspecified atom stereocenters. The summed E-state index contributed by atoms with van der Waals surface area (Å²) >= 11 is 0. The molecular weight excluding hydrogens is 841 g/mol. The maximum absolute atomic E-state index is 13.0. The highest BCUT2D eigenvalue weighted by Gasteiger charge is 2.42. The van der Waals surface area contributed by atoms with E-state index in [4.69, 9.17) is 37.9 Å². The zero-order valence-electron chi connectivity index (χ0n) is 38.5. The number of ether oxygens (including phenoxy) is 8. The van der Waals surface area contributed by atoms with E-state index >= 15 is 0 Å². The number of rotatable bonds is 31. The highest BCUT2D eigenvalue weighted by atomic mass is 16.6. The first-order valence-corrected chi connectivity index (χ1v) is 22.5. The molecule has 1 saturated carbocycles. The van der Waals surface area contributed by atoms with E-state index in [9.17, 15) is 19.5 Å². The molecule has 18 nitrogen and oxygen atoms in total. The van der Waals surface area contributed by atoms with Gasteiger partial charge in [-0.15, -0.1) is 0 Å². The molecule has 0 bridgehead atoms. The number of hydrogen-bond donors (Lipinski definition) is 2. The van der Waals surface area contributed by atoms with E-state index in [1.807, 2.05) is 62.1 Å². The maximum atomic E-state index is 13.0. The van der Waals surface area contributed by atoms with Crippen LogP contribution in [-0.2, 0) is 60.6 Å². The summed E-state index contributed by atoms with van der Waals surface area (Å²) in [5.41, 5.74) is 4.86. The molecule has 3 aromatic rings. The summed E-state index contributed by atoms with van der Waals surface area (Å²) in [4.78, 5) is 51.2. The number of amides is 3. The molecule has 3 amide bonds. The van der Waals surface area contributed by atoms with Crippen LogP contribution in [0.25, 0.3) is 11.1 Å². The lowest BCUT2D eigenvalue weighted by Crippen LogP contribution is -2.52. The summed E-state index contributed by atoms with van der Waals surface area (Å²) in [5.74, 6) is 0.758. The van der Waals surface area contributed by atoms with E-state index in [1.54, 1.807) is 19.3 Å². The van der Waals surface area contributed by atoms with Gasteiger partial charge < -0.3 is 58.1 Å². The van der Waals surface area contributed by atoms with Gasteiger partial charge in [-0.3, -0.25) is 14.5 Å². The van der Waals surface area contributed by atoms with Crippen molar-refractivity contribution in [2.75, 3.05) is 127 Å². The Morgan fingerprint density at radius 2 is 1.29 bits per heavy atom. The number of fused-ring (bicyclic) bond motifs is 1. The van der Waals surface area contributed by atoms with Crippen LogP contribution >= 0.6 is 0 Å². The molecule has 0 radical (unpaired) electrons. The molecular formula is C47H68N6O12. The first-order chi connectivity index (χ1) is 31.6. The van der Waals surface area contributed by atoms with E-state index in [1.165, 1.54) is 4.90 Å². The van der Waals surface area contributed by atoms with Crippen LogP contribution in [0.1, 0.15) is 51.7 Å². The van der Waals surface area contributed by atoms with Crippen molar-refractivity contribution in [3.63, 3.8) is 0 Å². The number of alkyl carbamates (subject to hydrolysis) is 1. The first-order valence-electron chi connectivity index (χ1n) is 22.5. The lowest BCUT2D eigenvalue weighted by atomic mass is 9.98. The highest BCUT2D eigenvalue weighted by molar-refractivity contribution is 5.98. The fourth-order valence-corrected chi connectivity index (χ4v) is 7.15. The smallest absolute Gasteiger partial charge is 0.407 e. The van der Waals surface area contributed by atoms with E-state index in [0.29, 0.717) is 118 Å². The Morgan fingerprint density at radius 1 is 0.754 bits per heavy atom. The lowest BCUT2D eigenvalue weighted by Gasteiger charge is -2.44. The molecule has 18 heteroatoms. The van der Waals surface area contributed by atoms with Gasteiger partial charge in [0.1, 0.15) is 5.60 Å². The van der Waals surface area contributed by atoms with Crippen molar-refractivity contribution in [2.24, 2.45) is 5.92 Å². The summed E-state index contributed by atoms with van der Waals surface area (Å²) in [6.45, 7) is 14.7. The van der Waals surface area contributed by atoms with Gasteiger partial charge in [0.2, 0.25) is 18.3 Å². The summed E-state index contributed by atoms with van der Waals surface area (Å²) in [6.07, 6.45) is 5.83. The molecule has 2 N–H and O–H groups in total. The number of nitrogens with zero attached hydrogens (tertiary/aromatic N) is 5. The van der Waals surface area contributed by atoms with E-state index in [0.717, 1.165) is 46.5 Å². The zero-order valence-corrected chi connectivity index (χ0v) is 38.5. The van der Waals surface area contributed by atoms with Gasteiger partial charge in [-0.05, 0) is 68.4 Å². The van der Waals surface area contributed by atoms with Crippen LogP contribution in [0.3, 0.4) is 0 Å². The van der Waals surface area contributed by atoms with Gasteiger partial charge in [-0.2, -0.15) is 0 Å². The second kappa shape index (κ2) is 27.6. The minimum atomic E-state index is -0.528. The predicted molar refractivity (Wildman–Crippen MR) is 244 cm³/mol. The Labute approximate surface area is 382 Å². The number of anilines is 3. The molecule has 65 heavy (non-hydrogen) atoms. The Kier molecular flexibility index (Phi) is 21.8. The Balaban J connectivity index is 0.897. The number of aromatic nitrogens is 2. The number of carbonyl (C=O) groups is 3. The van der Waals surface area contributed by atoms with Crippen molar-refractivity contribution in [2.45, 2.75) is 65.3 Å². The van der Waals surface area contributed by atoms with Crippen LogP contribution in [-0.4, -0.2) is 157 Å². The monoisotopic (exact) mass is 908 g/mol. The summed E-state index contributed by atoms with van der Waals surface area (Å²) in [6, 6.07) is 14.0. The number of nitrogens with one attached hydrogen (secondary N) is 1. The average molecular weight is 909 g/mol. The number of aliphatic hydroxyl groups is 1. The van der Waals surface area contributed by atoms with Crippen LogP contribution in [0, 0.1) is 5.92 Å². The average Bonchev–Trinajstić information content (AvgIpc) is 4.14. The largest absolute Gasteiger partial charge is 0.444 e. The summed E-state index contributed by atoms with van der Waals surface area (Å²) in [7, 11) is 0. The fraction of sp³-hybridized carbons (Fsp3) is 0.596. The fourth-order valence-electron chi connectivity index (χ4n) is 7.15. The topological polar surface area (TPSA) is 193 Å². The molecule has 1 aromatic heterocycles. The second-order valence-corrected chi connectivity index (χ2v) is 16.6.